The Kier molecular flexibility index (Phi) is 4.31. The molecular formula is C28H26N4O2. The molecule has 7 rings (SSSR count). The monoisotopic (exact) mass is 450 g/mol. The lowest BCUT2D eigenvalue weighted by Crippen LogP contribution is -2.07. The number of benzene rings is 2. The highest BCUT2D eigenvalue weighted by molar-refractivity contribution is 5.89. The molecular weight excluding hydrogens is 424 g/mol. The van der Waals surface area contributed by atoms with E-state index < -0.39 is 5.97 Å². The van der Waals surface area contributed by atoms with E-state index in [1.807, 2.05) is 16.8 Å². The van der Waals surface area contributed by atoms with Crippen LogP contribution >= 0.6 is 0 Å². The molecule has 3 aliphatic carbocycles. The van der Waals surface area contributed by atoms with E-state index in [4.69, 9.17) is 5.10 Å². The summed E-state index contributed by atoms with van der Waals surface area (Å²) in [7, 11) is 0. The predicted octanol–water partition coefficient (Wildman–Crippen LogP) is 5.74. The van der Waals surface area contributed by atoms with Crippen molar-refractivity contribution >= 4 is 5.97 Å². The van der Waals surface area contributed by atoms with Crippen molar-refractivity contribution in [1.29, 1.82) is 0 Å². The molecule has 2 heterocycles. The Bertz CT molecular complexity index is 1420. The summed E-state index contributed by atoms with van der Waals surface area (Å²) < 4.78 is 3.98. The lowest BCUT2D eigenvalue weighted by Gasteiger charge is -2.15. The van der Waals surface area contributed by atoms with Crippen molar-refractivity contribution in [3.8, 4) is 22.5 Å². The van der Waals surface area contributed by atoms with Crippen LogP contribution in [0.2, 0.25) is 0 Å². The Morgan fingerprint density at radius 2 is 1.47 bits per heavy atom. The van der Waals surface area contributed by atoms with Gasteiger partial charge in [-0.05, 0) is 85.4 Å². The maximum Gasteiger partial charge on any atom is 0.339 e. The second kappa shape index (κ2) is 7.42. The van der Waals surface area contributed by atoms with Gasteiger partial charge in [-0.3, -0.25) is 0 Å². The molecule has 4 aromatic rings. The number of rotatable bonds is 6. The van der Waals surface area contributed by atoms with Crippen molar-refractivity contribution in [3.63, 3.8) is 0 Å². The van der Waals surface area contributed by atoms with Crippen LogP contribution in [0.4, 0.5) is 0 Å². The molecule has 170 valence electrons. The summed E-state index contributed by atoms with van der Waals surface area (Å²) in [5.41, 5.74) is 8.14. The van der Waals surface area contributed by atoms with Crippen molar-refractivity contribution in [3.05, 3.63) is 83.4 Å². The standard InChI is InChI=1S/C28H26N4O2/c33-28(34)25-16-30-31(26(25)18-9-10-18)22-5-1-3-19(13-22)20-4-2-6-23(14-20)32-27-21(15-29-32)11-12-24(27)17-7-8-17/h1-6,13-18,24H,7-12H2,(H,33,34). The van der Waals surface area contributed by atoms with Gasteiger partial charge in [0.25, 0.3) is 0 Å². The Morgan fingerprint density at radius 3 is 2.09 bits per heavy atom. The number of aromatic nitrogens is 4. The molecule has 1 atom stereocenters. The second-order valence-electron chi connectivity index (χ2n) is 9.98. The van der Waals surface area contributed by atoms with Gasteiger partial charge in [0, 0.05) is 11.8 Å². The SMILES string of the molecule is O=C(O)c1cnn(-c2cccc(-c3cccc(-n4ncc5c4C(C4CC4)CC5)c3)c2)c1C1CC1. The molecule has 1 N–H and O–H groups in total. The van der Waals surface area contributed by atoms with Crippen molar-refractivity contribution in [2.45, 2.75) is 50.4 Å². The van der Waals surface area contributed by atoms with Crippen LogP contribution in [0, 0.1) is 5.92 Å². The molecule has 0 bridgehead atoms. The zero-order valence-electron chi connectivity index (χ0n) is 18.9. The first-order valence-electron chi connectivity index (χ1n) is 12.3. The van der Waals surface area contributed by atoms with E-state index in [1.54, 1.807) is 0 Å². The molecule has 0 saturated heterocycles. The molecule has 0 radical (unpaired) electrons. The molecule has 1 unspecified atom stereocenters. The van der Waals surface area contributed by atoms with E-state index >= 15 is 0 Å². The van der Waals surface area contributed by atoms with E-state index in [0.29, 0.717) is 11.5 Å². The molecule has 6 heteroatoms. The largest absolute Gasteiger partial charge is 0.478 e. The van der Waals surface area contributed by atoms with Crippen LogP contribution in [0.1, 0.15) is 71.2 Å². The summed E-state index contributed by atoms with van der Waals surface area (Å²) in [6.45, 7) is 0. The lowest BCUT2D eigenvalue weighted by molar-refractivity contribution is 0.0695. The van der Waals surface area contributed by atoms with Crippen LogP contribution in [0.25, 0.3) is 22.5 Å². The van der Waals surface area contributed by atoms with E-state index in [9.17, 15) is 9.90 Å². The summed E-state index contributed by atoms with van der Waals surface area (Å²) in [5.74, 6) is 0.853. The third kappa shape index (κ3) is 3.20. The van der Waals surface area contributed by atoms with Crippen molar-refractivity contribution in [1.82, 2.24) is 19.6 Å². The fourth-order valence-electron chi connectivity index (χ4n) is 5.70. The Hall–Kier alpha value is -3.67. The van der Waals surface area contributed by atoms with E-state index in [0.717, 1.165) is 53.4 Å². The number of nitrogens with zero attached hydrogens (tertiary/aromatic N) is 4. The number of aryl methyl sites for hydroxylation is 1. The topological polar surface area (TPSA) is 72.9 Å². The number of hydrogen-bond acceptors (Lipinski definition) is 3. The zero-order chi connectivity index (χ0) is 22.8. The second-order valence-corrected chi connectivity index (χ2v) is 9.98. The average molecular weight is 451 g/mol. The van der Waals surface area contributed by atoms with Crippen LogP contribution in [-0.2, 0) is 6.42 Å². The summed E-state index contributed by atoms with van der Waals surface area (Å²) >= 11 is 0. The van der Waals surface area contributed by atoms with Gasteiger partial charge in [-0.25, -0.2) is 14.2 Å². The van der Waals surface area contributed by atoms with Crippen molar-refractivity contribution < 1.29 is 9.90 Å². The van der Waals surface area contributed by atoms with Gasteiger partial charge in [0.1, 0.15) is 5.56 Å². The van der Waals surface area contributed by atoms with Gasteiger partial charge in [0.2, 0.25) is 0 Å². The number of carboxylic acids is 1. The number of carbonyl (C=O) groups is 1. The number of aromatic carboxylic acids is 1. The van der Waals surface area contributed by atoms with Gasteiger partial charge < -0.3 is 5.11 Å². The molecule has 2 aromatic carbocycles. The molecule has 34 heavy (non-hydrogen) atoms. The Morgan fingerprint density at radius 1 is 0.824 bits per heavy atom. The van der Waals surface area contributed by atoms with Gasteiger partial charge in [0.05, 0.1) is 35.2 Å². The third-order valence-corrected chi connectivity index (χ3v) is 7.67. The van der Waals surface area contributed by atoms with E-state index in [-0.39, 0.29) is 5.92 Å². The molecule has 0 amide bonds. The van der Waals surface area contributed by atoms with E-state index in [1.165, 1.54) is 36.7 Å². The quantitative estimate of drug-likeness (QED) is 0.407. The molecule has 2 fully saturated rings. The van der Waals surface area contributed by atoms with Gasteiger partial charge >= 0.3 is 5.97 Å². The highest BCUT2D eigenvalue weighted by Gasteiger charge is 2.39. The highest BCUT2D eigenvalue weighted by Crippen LogP contribution is 2.49. The fraction of sp³-hybridized carbons (Fsp3) is 0.321. The number of carboxylic acid groups (broad SMARTS) is 1. The maximum absolute atomic E-state index is 11.7. The van der Waals surface area contributed by atoms with Gasteiger partial charge in [-0.1, -0.05) is 24.3 Å². The van der Waals surface area contributed by atoms with Crippen LogP contribution in [-0.4, -0.2) is 30.6 Å². The van der Waals surface area contributed by atoms with Crippen molar-refractivity contribution in [2.75, 3.05) is 0 Å². The third-order valence-electron chi connectivity index (χ3n) is 7.67. The number of fused-ring (bicyclic) bond motifs is 1. The Balaban J connectivity index is 1.27. The first kappa shape index (κ1) is 19.8. The van der Waals surface area contributed by atoms with Crippen LogP contribution in [0.15, 0.2) is 60.9 Å². The van der Waals surface area contributed by atoms with Gasteiger partial charge in [0.15, 0.2) is 0 Å². The molecule has 0 aliphatic heterocycles. The summed E-state index contributed by atoms with van der Waals surface area (Å²) in [6, 6.07) is 16.8. The molecule has 6 nitrogen and oxygen atoms in total. The molecule has 3 aliphatic rings. The zero-order valence-corrected chi connectivity index (χ0v) is 18.9. The summed E-state index contributed by atoms with van der Waals surface area (Å²) in [4.78, 5) is 11.7. The summed E-state index contributed by atoms with van der Waals surface area (Å²) in [6.07, 6.45) is 10.7. The summed E-state index contributed by atoms with van der Waals surface area (Å²) in [5, 5.41) is 18.8. The predicted molar refractivity (Wildman–Crippen MR) is 129 cm³/mol. The first-order valence-corrected chi connectivity index (χ1v) is 12.3. The van der Waals surface area contributed by atoms with Crippen LogP contribution in [0.5, 0.6) is 0 Å². The lowest BCUT2D eigenvalue weighted by atomic mass is 10.0. The van der Waals surface area contributed by atoms with Gasteiger partial charge in [-0.2, -0.15) is 10.2 Å². The molecule has 2 aromatic heterocycles. The smallest absolute Gasteiger partial charge is 0.339 e. The minimum Gasteiger partial charge on any atom is -0.478 e. The number of hydrogen-bond donors (Lipinski definition) is 1. The Labute approximate surface area is 197 Å². The van der Waals surface area contributed by atoms with Gasteiger partial charge in [-0.15, -0.1) is 0 Å². The highest BCUT2D eigenvalue weighted by atomic mass is 16.4. The molecule has 2 saturated carbocycles. The van der Waals surface area contributed by atoms with E-state index in [2.05, 4.69) is 52.4 Å². The molecule has 0 spiro atoms. The maximum atomic E-state index is 11.7. The normalized spacial score (nSPS) is 19.4. The first-order chi connectivity index (χ1) is 16.7. The van der Waals surface area contributed by atoms with Crippen molar-refractivity contribution in [2.24, 2.45) is 5.92 Å². The minimum absolute atomic E-state index is 0.280. The van der Waals surface area contributed by atoms with Crippen LogP contribution < -0.4 is 0 Å². The fourth-order valence-corrected chi connectivity index (χ4v) is 5.70. The minimum atomic E-state index is -0.909. The van der Waals surface area contributed by atoms with Crippen LogP contribution in [0.3, 0.4) is 0 Å². The average Bonchev–Trinajstić information content (AvgIpc) is 3.75.